The Hall–Kier alpha value is -1.56. The average Bonchev–Trinajstić information content (AvgIpc) is 3.12. The molecular weight excluding hydrogens is 290 g/mol. The summed E-state index contributed by atoms with van der Waals surface area (Å²) in [5, 5.41) is 10.4. The molecule has 0 saturated carbocycles. The standard InChI is InChI=1S/C17H31N5O/c1-6-21(7-2)12(3)11-18-17(23)22-10-8-9-15(22)16-13(4)19-20-14(16)5/h12,15H,6-11H2,1-5H3,(H,18,23)(H,19,20)/t12-,15-/m1/s1. The molecular formula is C17H31N5O. The maximum absolute atomic E-state index is 12.6. The van der Waals surface area contributed by atoms with Crippen LogP contribution in [0, 0.1) is 13.8 Å². The quantitative estimate of drug-likeness (QED) is 0.846. The maximum Gasteiger partial charge on any atom is 0.317 e. The number of hydrogen-bond acceptors (Lipinski definition) is 3. The highest BCUT2D eigenvalue weighted by Crippen LogP contribution is 2.34. The third-order valence-electron chi connectivity index (χ3n) is 5.02. The van der Waals surface area contributed by atoms with E-state index in [4.69, 9.17) is 0 Å². The highest BCUT2D eigenvalue weighted by molar-refractivity contribution is 5.75. The van der Waals surface area contributed by atoms with E-state index in [2.05, 4.69) is 41.2 Å². The van der Waals surface area contributed by atoms with Gasteiger partial charge in [-0.05, 0) is 46.7 Å². The number of nitrogens with one attached hydrogen (secondary N) is 2. The summed E-state index contributed by atoms with van der Waals surface area (Å²) >= 11 is 0. The molecule has 2 heterocycles. The third kappa shape index (κ3) is 3.86. The zero-order chi connectivity index (χ0) is 17.0. The van der Waals surface area contributed by atoms with E-state index >= 15 is 0 Å². The van der Waals surface area contributed by atoms with Crippen molar-refractivity contribution in [3.05, 3.63) is 17.0 Å². The van der Waals surface area contributed by atoms with E-state index < -0.39 is 0 Å². The number of H-pyrrole nitrogens is 1. The van der Waals surface area contributed by atoms with Gasteiger partial charge in [-0.25, -0.2) is 4.79 Å². The van der Waals surface area contributed by atoms with Gasteiger partial charge in [-0.1, -0.05) is 13.8 Å². The summed E-state index contributed by atoms with van der Waals surface area (Å²) in [4.78, 5) is 17.0. The first kappa shape index (κ1) is 17.8. The Bertz CT molecular complexity index is 504. The number of aryl methyl sites for hydroxylation is 2. The van der Waals surface area contributed by atoms with Crippen molar-refractivity contribution >= 4 is 6.03 Å². The number of rotatable bonds is 6. The van der Waals surface area contributed by atoms with Crippen LogP contribution in [0.5, 0.6) is 0 Å². The molecule has 1 aromatic heterocycles. The molecule has 0 aromatic carbocycles. The molecule has 2 N–H and O–H groups in total. The number of amides is 2. The van der Waals surface area contributed by atoms with Gasteiger partial charge in [0.15, 0.2) is 0 Å². The van der Waals surface area contributed by atoms with E-state index in [9.17, 15) is 4.79 Å². The van der Waals surface area contributed by atoms with Crippen LogP contribution in [0.1, 0.15) is 56.6 Å². The fourth-order valence-electron chi connectivity index (χ4n) is 3.67. The van der Waals surface area contributed by atoms with E-state index in [1.165, 1.54) is 5.56 Å². The number of hydrogen-bond donors (Lipinski definition) is 2. The van der Waals surface area contributed by atoms with Gasteiger partial charge in [-0.2, -0.15) is 5.10 Å². The summed E-state index contributed by atoms with van der Waals surface area (Å²) < 4.78 is 0. The van der Waals surface area contributed by atoms with Crippen LogP contribution in [-0.2, 0) is 0 Å². The molecule has 130 valence electrons. The topological polar surface area (TPSA) is 64.3 Å². The Labute approximate surface area is 139 Å². The molecule has 1 aliphatic heterocycles. The summed E-state index contributed by atoms with van der Waals surface area (Å²) in [5.41, 5.74) is 3.27. The number of nitrogens with zero attached hydrogens (tertiary/aromatic N) is 3. The number of aromatic nitrogens is 2. The number of carbonyl (C=O) groups excluding carboxylic acids is 1. The van der Waals surface area contributed by atoms with Crippen molar-refractivity contribution in [1.29, 1.82) is 0 Å². The Morgan fingerprint density at radius 2 is 2.13 bits per heavy atom. The van der Waals surface area contributed by atoms with E-state index in [1.807, 2.05) is 18.7 Å². The predicted molar refractivity (Wildman–Crippen MR) is 92.5 cm³/mol. The van der Waals surface area contributed by atoms with Gasteiger partial charge in [0.2, 0.25) is 0 Å². The molecule has 1 aromatic rings. The van der Waals surface area contributed by atoms with E-state index in [0.29, 0.717) is 12.6 Å². The fraction of sp³-hybridized carbons (Fsp3) is 0.765. The first-order valence-corrected chi connectivity index (χ1v) is 8.79. The van der Waals surface area contributed by atoms with Gasteiger partial charge >= 0.3 is 6.03 Å². The smallest absolute Gasteiger partial charge is 0.317 e. The molecule has 1 fully saturated rings. The largest absolute Gasteiger partial charge is 0.336 e. The normalized spacial score (nSPS) is 19.4. The van der Waals surface area contributed by atoms with Gasteiger partial charge in [0.1, 0.15) is 0 Å². The van der Waals surface area contributed by atoms with Crippen LogP contribution < -0.4 is 5.32 Å². The van der Waals surface area contributed by atoms with Crippen LogP contribution in [-0.4, -0.2) is 58.2 Å². The summed E-state index contributed by atoms with van der Waals surface area (Å²) in [6.07, 6.45) is 2.06. The molecule has 0 bridgehead atoms. The highest BCUT2D eigenvalue weighted by atomic mass is 16.2. The third-order valence-corrected chi connectivity index (χ3v) is 5.02. The van der Waals surface area contributed by atoms with Crippen LogP contribution in [0.3, 0.4) is 0 Å². The molecule has 0 unspecified atom stereocenters. The lowest BCUT2D eigenvalue weighted by molar-refractivity contribution is 0.182. The fourth-order valence-corrected chi connectivity index (χ4v) is 3.67. The molecule has 2 rings (SSSR count). The summed E-state index contributed by atoms with van der Waals surface area (Å²) in [5.74, 6) is 0. The average molecular weight is 321 g/mol. The van der Waals surface area contributed by atoms with Gasteiger partial charge in [0.05, 0.1) is 11.7 Å². The van der Waals surface area contributed by atoms with Gasteiger partial charge in [-0.15, -0.1) is 0 Å². The molecule has 2 amide bonds. The number of aromatic amines is 1. The highest BCUT2D eigenvalue weighted by Gasteiger charge is 2.33. The molecule has 0 aliphatic carbocycles. The lowest BCUT2D eigenvalue weighted by Crippen LogP contribution is -2.46. The molecule has 0 spiro atoms. The lowest BCUT2D eigenvalue weighted by atomic mass is 10.0. The lowest BCUT2D eigenvalue weighted by Gasteiger charge is -2.29. The van der Waals surface area contributed by atoms with Crippen LogP contribution >= 0.6 is 0 Å². The van der Waals surface area contributed by atoms with Gasteiger partial charge in [0, 0.05) is 30.4 Å². The number of urea groups is 1. The molecule has 2 atom stereocenters. The minimum Gasteiger partial charge on any atom is -0.336 e. The monoisotopic (exact) mass is 321 g/mol. The molecule has 6 heteroatoms. The van der Waals surface area contributed by atoms with Crippen LogP contribution in [0.4, 0.5) is 4.79 Å². The summed E-state index contributed by atoms with van der Waals surface area (Å²) in [6, 6.07) is 0.552. The van der Waals surface area contributed by atoms with Gasteiger partial charge in [-0.3, -0.25) is 10.00 Å². The van der Waals surface area contributed by atoms with Crippen molar-refractivity contribution in [2.24, 2.45) is 0 Å². The van der Waals surface area contributed by atoms with Crippen LogP contribution in [0.2, 0.25) is 0 Å². The predicted octanol–water partition coefficient (Wildman–Crippen LogP) is 2.60. The van der Waals surface area contributed by atoms with Crippen molar-refractivity contribution in [2.45, 2.75) is 59.5 Å². The van der Waals surface area contributed by atoms with Crippen molar-refractivity contribution in [3.8, 4) is 0 Å². The van der Waals surface area contributed by atoms with Crippen LogP contribution in [0.15, 0.2) is 0 Å². The zero-order valence-corrected chi connectivity index (χ0v) is 15.1. The van der Waals surface area contributed by atoms with E-state index in [-0.39, 0.29) is 12.1 Å². The minimum absolute atomic E-state index is 0.0477. The molecule has 0 radical (unpaired) electrons. The van der Waals surface area contributed by atoms with Gasteiger partial charge < -0.3 is 10.2 Å². The zero-order valence-electron chi connectivity index (χ0n) is 15.1. The van der Waals surface area contributed by atoms with E-state index in [0.717, 1.165) is 43.9 Å². The summed E-state index contributed by atoms with van der Waals surface area (Å²) in [7, 11) is 0. The number of likely N-dealkylation sites (tertiary alicyclic amines) is 1. The Kier molecular flexibility index (Phi) is 6.04. The Morgan fingerprint density at radius 1 is 1.43 bits per heavy atom. The van der Waals surface area contributed by atoms with E-state index in [1.54, 1.807) is 0 Å². The second-order valence-corrected chi connectivity index (χ2v) is 6.46. The number of likely N-dealkylation sites (N-methyl/N-ethyl adjacent to an activating group) is 1. The van der Waals surface area contributed by atoms with Gasteiger partial charge in [0.25, 0.3) is 0 Å². The second kappa shape index (κ2) is 7.81. The van der Waals surface area contributed by atoms with Crippen molar-refractivity contribution in [3.63, 3.8) is 0 Å². The van der Waals surface area contributed by atoms with Crippen LogP contribution in [0.25, 0.3) is 0 Å². The summed E-state index contributed by atoms with van der Waals surface area (Å²) in [6.45, 7) is 14.0. The second-order valence-electron chi connectivity index (χ2n) is 6.46. The Morgan fingerprint density at radius 3 is 2.70 bits per heavy atom. The molecule has 1 saturated heterocycles. The first-order valence-electron chi connectivity index (χ1n) is 8.79. The number of carbonyl (C=O) groups is 1. The van der Waals surface area contributed by atoms with Crippen molar-refractivity contribution in [1.82, 2.24) is 25.3 Å². The minimum atomic E-state index is 0.0477. The molecule has 1 aliphatic rings. The molecule has 23 heavy (non-hydrogen) atoms. The molecule has 6 nitrogen and oxygen atoms in total. The SMILES string of the molecule is CCN(CC)[C@H](C)CNC(=O)N1CCC[C@@H]1c1c(C)n[nH]c1C. The maximum atomic E-state index is 12.6. The Balaban J connectivity index is 1.99. The first-order chi connectivity index (χ1) is 11.0. The van der Waals surface area contributed by atoms with Crippen molar-refractivity contribution < 1.29 is 4.79 Å². The van der Waals surface area contributed by atoms with Crippen molar-refractivity contribution in [2.75, 3.05) is 26.2 Å².